The topological polar surface area (TPSA) is 82.0 Å². The average Bonchev–Trinajstić information content (AvgIpc) is 3.46. The van der Waals surface area contributed by atoms with Crippen molar-refractivity contribution in [1.82, 2.24) is 24.2 Å². The van der Waals surface area contributed by atoms with Gasteiger partial charge in [0.1, 0.15) is 12.0 Å². The van der Waals surface area contributed by atoms with Crippen LogP contribution in [-0.4, -0.2) is 49.4 Å². The van der Waals surface area contributed by atoms with Crippen LogP contribution in [0.25, 0.3) is 11.3 Å². The largest absolute Gasteiger partial charge is 0.328 e. The number of imidazole rings is 1. The molecular weight excluding hydrogens is 479 g/mol. The van der Waals surface area contributed by atoms with E-state index >= 15 is 0 Å². The number of nitrogens with two attached hydrogens (primary N) is 1. The Labute approximate surface area is 224 Å². The maximum atomic E-state index is 15.0. The number of alkyl halides is 1. The summed E-state index contributed by atoms with van der Waals surface area (Å²) in [6.07, 6.45) is 0.625. The number of hydrogen-bond donors (Lipinski definition) is 1. The molecule has 2 heterocycles. The molecule has 2 atom stereocenters. The zero-order valence-electron chi connectivity index (χ0n) is 22.8. The van der Waals surface area contributed by atoms with Crippen LogP contribution in [0.2, 0.25) is 0 Å². The standard InChI is InChI=1S/C30H37FN6O/c1-21-16-25(34-35(21)5)29(38)37(19-24(31)17-32)27(30(2,3)4)28-33-26(23-14-10-7-11-15-23)20-36(28)18-22-12-8-6-9-13-22/h6-16,20,24,27H,17-19,32H2,1-5H3/t24-,27-/m0/s1. The second kappa shape index (κ2) is 11.3. The summed E-state index contributed by atoms with van der Waals surface area (Å²) in [6.45, 7) is 8.22. The maximum absolute atomic E-state index is 15.0. The number of benzene rings is 2. The molecule has 2 N–H and O–H groups in total. The van der Waals surface area contributed by atoms with E-state index in [1.54, 1.807) is 22.7 Å². The maximum Gasteiger partial charge on any atom is 0.275 e. The minimum Gasteiger partial charge on any atom is -0.328 e. The molecule has 0 saturated heterocycles. The van der Waals surface area contributed by atoms with Gasteiger partial charge in [-0.05, 0) is 24.0 Å². The molecule has 8 heteroatoms. The highest BCUT2D eigenvalue weighted by atomic mass is 19.1. The lowest BCUT2D eigenvalue weighted by Gasteiger charge is -2.40. The van der Waals surface area contributed by atoms with Gasteiger partial charge in [0, 0.05) is 37.6 Å². The molecule has 7 nitrogen and oxygen atoms in total. The molecule has 38 heavy (non-hydrogen) atoms. The van der Waals surface area contributed by atoms with Crippen LogP contribution in [-0.2, 0) is 13.6 Å². The number of hydrogen-bond acceptors (Lipinski definition) is 4. The van der Waals surface area contributed by atoms with Gasteiger partial charge in [-0.3, -0.25) is 9.48 Å². The molecule has 200 valence electrons. The summed E-state index contributed by atoms with van der Waals surface area (Å²) in [5.74, 6) is 0.339. The number of nitrogens with zero attached hydrogens (tertiary/aromatic N) is 5. The van der Waals surface area contributed by atoms with Crippen molar-refractivity contribution in [2.75, 3.05) is 13.1 Å². The van der Waals surface area contributed by atoms with Crippen molar-refractivity contribution >= 4 is 5.91 Å². The van der Waals surface area contributed by atoms with Gasteiger partial charge in [-0.25, -0.2) is 9.37 Å². The number of rotatable bonds is 9. The third-order valence-electron chi connectivity index (χ3n) is 6.69. The molecule has 0 aliphatic rings. The SMILES string of the molecule is Cc1cc(C(=O)N(C[C@@H](F)CN)[C@@H](c2nc(-c3ccccc3)cn2Cc2ccccc2)C(C)(C)C)nn1C. The second-order valence-corrected chi connectivity index (χ2v) is 10.8. The first-order chi connectivity index (χ1) is 18.1. The summed E-state index contributed by atoms with van der Waals surface area (Å²) < 4.78 is 18.7. The van der Waals surface area contributed by atoms with E-state index in [0.717, 1.165) is 22.5 Å². The van der Waals surface area contributed by atoms with Gasteiger partial charge in [-0.1, -0.05) is 81.4 Å². The minimum atomic E-state index is -1.39. The Morgan fingerprint density at radius 1 is 1.08 bits per heavy atom. The van der Waals surface area contributed by atoms with Gasteiger partial charge in [-0.15, -0.1) is 0 Å². The minimum absolute atomic E-state index is 0.161. The molecule has 1 amide bonds. The predicted molar refractivity (Wildman–Crippen MR) is 148 cm³/mol. The lowest BCUT2D eigenvalue weighted by molar-refractivity contribution is 0.0396. The highest BCUT2D eigenvalue weighted by Crippen LogP contribution is 2.40. The Bertz CT molecular complexity index is 1340. The average molecular weight is 517 g/mol. The van der Waals surface area contributed by atoms with Gasteiger partial charge in [0.2, 0.25) is 0 Å². The fourth-order valence-corrected chi connectivity index (χ4v) is 4.70. The summed E-state index contributed by atoms with van der Waals surface area (Å²) in [7, 11) is 1.79. The summed E-state index contributed by atoms with van der Waals surface area (Å²) >= 11 is 0. The molecule has 0 saturated carbocycles. The Hall–Kier alpha value is -3.78. The first-order valence-corrected chi connectivity index (χ1v) is 12.9. The fraction of sp³-hybridized carbons (Fsp3) is 0.367. The molecule has 0 fully saturated rings. The normalized spacial score (nSPS) is 13.3. The number of aromatic nitrogens is 4. The van der Waals surface area contributed by atoms with Gasteiger partial charge in [0.25, 0.3) is 5.91 Å². The zero-order chi connectivity index (χ0) is 27.4. The third-order valence-corrected chi connectivity index (χ3v) is 6.69. The molecule has 0 spiro atoms. The van der Waals surface area contributed by atoms with Crippen LogP contribution in [0.4, 0.5) is 4.39 Å². The van der Waals surface area contributed by atoms with Crippen LogP contribution >= 0.6 is 0 Å². The highest BCUT2D eigenvalue weighted by molar-refractivity contribution is 5.92. The molecule has 0 radical (unpaired) electrons. The van der Waals surface area contributed by atoms with Crippen LogP contribution in [0.1, 0.15) is 54.4 Å². The third kappa shape index (κ3) is 6.02. The second-order valence-electron chi connectivity index (χ2n) is 10.8. The summed E-state index contributed by atoms with van der Waals surface area (Å²) in [5.41, 5.74) is 9.18. The highest BCUT2D eigenvalue weighted by Gasteiger charge is 2.40. The van der Waals surface area contributed by atoms with E-state index in [1.165, 1.54) is 0 Å². The van der Waals surface area contributed by atoms with E-state index in [1.807, 2.05) is 82.4 Å². The van der Waals surface area contributed by atoms with Gasteiger partial charge >= 0.3 is 0 Å². The van der Waals surface area contributed by atoms with Crippen molar-refractivity contribution in [2.24, 2.45) is 18.2 Å². The van der Waals surface area contributed by atoms with E-state index in [4.69, 9.17) is 10.7 Å². The van der Waals surface area contributed by atoms with Crippen molar-refractivity contribution < 1.29 is 9.18 Å². The smallest absolute Gasteiger partial charge is 0.275 e. The summed E-state index contributed by atoms with van der Waals surface area (Å²) in [5, 5.41) is 4.41. The van der Waals surface area contributed by atoms with Gasteiger partial charge in [0.15, 0.2) is 5.69 Å². The van der Waals surface area contributed by atoms with Crippen LogP contribution in [0.5, 0.6) is 0 Å². The molecule has 0 bridgehead atoms. The molecule has 4 aromatic rings. The number of carbonyl (C=O) groups is 1. The first-order valence-electron chi connectivity index (χ1n) is 12.9. The van der Waals surface area contributed by atoms with Crippen LogP contribution in [0, 0.1) is 12.3 Å². The zero-order valence-corrected chi connectivity index (χ0v) is 22.8. The Morgan fingerprint density at radius 2 is 1.71 bits per heavy atom. The van der Waals surface area contributed by atoms with E-state index in [0.29, 0.717) is 12.4 Å². The Balaban J connectivity index is 1.88. The van der Waals surface area contributed by atoms with Crippen LogP contribution in [0.15, 0.2) is 72.9 Å². The molecular formula is C30H37FN6O. The first kappa shape index (κ1) is 27.3. The molecule has 4 rings (SSSR count). The van der Waals surface area contributed by atoms with E-state index in [-0.39, 0.29) is 24.7 Å². The molecule has 0 unspecified atom stereocenters. The van der Waals surface area contributed by atoms with Crippen molar-refractivity contribution in [3.05, 3.63) is 95.7 Å². The van der Waals surface area contributed by atoms with Crippen LogP contribution < -0.4 is 5.73 Å². The van der Waals surface area contributed by atoms with Crippen molar-refractivity contribution in [2.45, 2.75) is 46.5 Å². The van der Waals surface area contributed by atoms with E-state index in [9.17, 15) is 9.18 Å². The number of aryl methyl sites for hydroxylation is 2. The van der Waals surface area contributed by atoms with Crippen LogP contribution in [0.3, 0.4) is 0 Å². The lowest BCUT2D eigenvalue weighted by Crippen LogP contribution is -2.46. The number of halogens is 1. The number of amides is 1. The van der Waals surface area contributed by atoms with Crippen molar-refractivity contribution in [3.63, 3.8) is 0 Å². The molecule has 0 aliphatic carbocycles. The summed E-state index contributed by atoms with van der Waals surface area (Å²) in [4.78, 5) is 20.6. The Kier molecular flexibility index (Phi) is 8.11. The monoisotopic (exact) mass is 516 g/mol. The number of carbonyl (C=O) groups excluding carboxylic acids is 1. The fourth-order valence-electron chi connectivity index (χ4n) is 4.70. The van der Waals surface area contributed by atoms with Gasteiger partial charge in [0.05, 0.1) is 18.3 Å². The molecule has 2 aromatic carbocycles. The van der Waals surface area contributed by atoms with E-state index in [2.05, 4.69) is 21.8 Å². The molecule has 2 aromatic heterocycles. The van der Waals surface area contributed by atoms with Gasteiger partial charge in [-0.2, -0.15) is 5.10 Å². The Morgan fingerprint density at radius 3 is 2.26 bits per heavy atom. The molecule has 0 aliphatic heterocycles. The van der Waals surface area contributed by atoms with Crippen molar-refractivity contribution in [1.29, 1.82) is 0 Å². The quantitative estimate of drug-likeness (QED) is 0.333. The van der Waals surface area contributed by atoms with E-state index < -0.39 is 17.6 Å². The van der Waals surface area contributed by atoms with Gasteiger partial charge < -0.3 is 15.2 Å². The lowest BCUT2D eigenvalue weighted by atomic mass is 9.84. The summed E-state index contributed by atoms with van der Waals surface area (Å²) in [6, 6.07) is 21.2. The predicted octanol–water partition coefficient (Wildman–Crippen LogP) is 5.17. The van der Waals surface area contributed by atoms with Crippen molar-refractivity contribution in [3.8, 4) is 11.3 Å².